The van der Waals surface area contributed by atoms with Crippen molar-refractivity contribution in [3.05, 3.63) is 42.5 Å². The summed E-state index contributed by atoms with van der Waals surface area (Å²) in [5.41, 5.74) is 0.708. The number of hydrogen-bond donors (Lipinski definition) is 1. The molecule has 0 aliphatic carbocycles. The first-order chi connectivity index (χ1) is 14.2. The summed E-state index contributed by atoms with van der Waals surface area (Å²) in [5.74, 6) is 0.216. The molecule has 1 rings (SSSR count). The number of alkyl carbamates (subject to hydrolysis) is 1. The average Bonchev–Trinajstić information content (AvgIpc) is 2.72. The van der Waals surface area contributed by atoms with Crippen LogP contribution in [0.5, 0.6) is 5.75 Å². The maximum absolute atomic E-state index is 12.6. The first-order valence-corrected chi connectivity index (χ1v) is 12.2. The maximum atomic E-state index is 12.6. The molecule has 0 saturated carbocycles. The van der Waals surface area contributed by atoms with E-state index in [9.17, 15) is 14.2 Å². The zero-order valence-corrected chi connectivity index (χ0v) is 19.4. The zero-order chi connectivity index (χ0) is 22.6. The van der Waals surface area contributed by atoms with Gasteiger partial charge in [-0.2, -0.15) is 0 Å². The molecular formula is C19H27Cl2N2O6P. The normalized spacial score (nSPS) is 13.8. The van der Waals surface area contributed by atoms with E-state index in [2.05, 4.69) is 16.6 Å². The Morgan fingerprint density at radius 3 is 2.53 bits per heavy atom. The molecule has 2 atom stereocenters. The van der Waals surface area contributed by atoms with E-state index in [0.717, 1.165) is 12.8 Å². The van der Waals surface area contributed by atoms with Crippen molar-refractivity contribution in [1.29, 1.82) is 0 Å². The van der Waals surface area contributed by atoms with Crippen molar-refractivity contribution in [2.75, 3.05) is 33.2 Å². The number of esters is 1. The Morgan fingerprint density at radius 1 is 1.30 bits per heavy atom. The highest BCUT2D eigenvalue weighted by Crippen LogP contribution is 2.54. The molecule has 168 valence electrons. The van der Waals surface area contributed by atoms with Crippen molar-refractivity contribution < 1.29 is 28.2 Å². The van der Waals surface area contributed by atoms with Crippen LogP contribution in [-0.2, 0) is 25.3 Å². The summed E-state index contributed by atoms with van der Waals surface area (Å²) in [6, 6.07) is 5.57. The largest absolute Gasteiger partial charge is 0.460 e. The fourth-order valence-electron chi connectivity index (χ4n) is 2.31. The van der Waals surface area contributed by atoms with Gasteiger partial charge in [0.05, 0.1) is 7.11 Å². The molecule has 0 bridgehead atoms. The summed E-state index contributed by atoms with van der Waals surface area (Å²) in [5, 5.41) is 2.43. The van der Waals surface area contributed by atoms with Gasteiger partial charge in [0, 0.05) is 30.1 Å². The quantitative estimate of drug-likeness (QED) is 0.147. The minimum atomic E-state index is -3.53. The number of halogens is 2. The van der Waals surface area contributed by atoms with Gasteiger partial charge < -0.3 is 19.3 Å². The molecule has 1 N–H and O–H groups in total. The number of rotatable bonds is 13. The third kappa shape index (κ3) is 9.39. The van der Waals surface area contributed by atoms with Gasteiger partial charge in [0.25, 0.3) is 0 Å². The molecule has 0 saturated heterocycles. The lowest BCUT2D eigenvalue weighted by atomic mass is 10.1. The number of alkyl halides is 1. The van der Waals surface area contributed by atoms with Gasteiger partial charge in [0.15, 0.2) is 0 Å². The second-order valence-corrected chi connectivity index (χ2v) is 9.70. The molecule has 0 radical (unpaired) electrons. The second-order valence-electron chi connectivity index (χ2n) is 6.28. The number of unbranched alkanes of at least 4 members (excludes halogenated alkanes) is 1. The smallest absolute Gasteiger partial charge is 0.411 e. The van der Waals surface area contributed by atoms with Gasteiger partial charge in [-0.05, 0) is 37.6 Å². The minimum absolute atomic E-state index is 0.0222. The predicted molar refractivity (Wildman–Crippen MR) is 117 cm³/mol. The highest BCUT2D eigenvalue weighted by molar-refractivity contribution is 7.83. The lowest BCUT2D eigenvalue weighted by Gasteiger charge is -2.22. The fourth-order valence-corrected chi connectivity index (χ4v) is 3.87. The third-order valence-corrected chi connectivity index (χ3v) is 6.66. The molecular weight excluding hydrogens is 454 g/mol. The van der Waals surface area contributed by atoms with Crippen LogP contribution in [0.1, 0.15) is 18.4 Å². The van der Waals surface area contributed by atoms with Crippen molar-refractivity contribution in [2.45, 2.75) is 25.3 Å². The first kappa shape index (κ1) is 26.3. The standard InChI is InChI=1S/C19H27Cl2N2O6P/c1-4-13-28-18(24)17(22-19(25)27-3)14-15-7-9-16(10-8-15)29-30(21,26)23(2)12-6-5-11-20/h4,7-10,17H,1,5-6,11-14H2,2-3H3,(H,22,25)/t17-,30?/m0/s1. The molecule has 1 aromatic rings. The molecule has 0 fully saturated rings. The number of benzene rings is 1. The lowest BCUT2D eigenvalue weighted by Crippen LogP contribution is -2.43. The van der Waals surface area contributed by atoms with Crippen LogP contribution in [0.4, 0.5) is 4.79 Å². The summed E-state index contributed by atoms with van der Waals surface area (Å²) >= 11 is 11.7. The summed E-state index contributed by atoms with van der Waals surface area (Å²) in [7, 11) is 2.82. The SMILES string of the molecule is C=CCOC(=O)[C@H](Cc1ccc(OP(=O)(Cl)N(C)CCCCCl)cc1)NC(=O)OC. The molecule has 0 aliphatic rings. The van der Waals surface area contributed by atoms with Gasteiger partial charge in [-0.25, -0.2) is 18.8 Å². The summed E-state index contributed by atoms with van der Waals surface area (Å²) in [6.45, 7) is 0.452. The number of carbonyl (C=O) groups excluding carboxylic acids is 2. The summed E-state index contributed by atoms with van der Waals surface area (Å²) < 4.78 is 29.1. The number of amides is 1. The number of nitrogens with one attached hydrogen (secondary N) is 1. The van der Waals surface area contributed by atoms with Crippen LogP contribution in [0.3, 0.4) is 0 Å². The van der Waals surface area contributed by atoms with Crippen LogP contribution in [0.15, 0.2) is 36.9 Å². The van der Waals surface area contributed by atoms with Gasteiger partial charge >= 0.3 is 18.9 Å². The van der Waals surface area contributed by atoms with Crippen molar-refractivity contribution in [1.82, 2.24) is 9.99 Å². The molecule has 30 heavy (non-hydrogen) atoms. The molecule has 0 aromatic heterocycles. The second kappa shape index (κ2) is 13.5. The van der Waals surface area contributed by atoms with Crippen LogP contribution >= 0.6 is 29.7 Å². The number of methoxy groups -OCH3 is 1. The van der Waals surface area contributed by atoms with Crippen LogP contribution < -0.4 is 9.84 Å². The predicted octanol–water partition coefficient (Wildman–Crippen LogP) is 4.36. The molecule has 1 aromatic carbocycles. The van der Waals surface area contributed by atoms with Gasteiger partial charge in [-0.15, -0.1) is 11.6 Å². The van der Waals surface area contributed by atoms with Gasteiger partial charge in [0.1, 0.15) is 18.4 Å². The van der Waals surface area contributed by atoms with Crippen molar-refractivity contribution in [3.8, 4) is 5.75 Å². The van der Waals surface area contributed by atoms with Crippen LogP contribution in [0.25, 0.3) is 0 Å². The summed E-state index contributed by atoms with van der Waals surface area (Å²) in [4.78, 5) is 23.7. The van der Waals surface area contributed by atoms with E-state index < -0.39 is 25.0 Å². The highest BCUT2D eigenvalue weighted by Gasteiger charge is 2.27. The molecule has 0 heterocycles. The minimum Gasteiger partial charge on any atom is -0.460 e. The van der Waals surface area contributed by atoms with Gasteiger partial charge in [-0.3, -0.25) is 0 Å². The Labute approximate surface area is 186 Å². The van der Waals surface area contributed by atoms with Crippen molar-refractivity contribution >= 4 is 41.8 Å². The topological polar surface area (TPSA) is 94.2 Å². The van der Waals surface area contributed by atoms with E-state index in [1.54, 1.807) is 31.3 Å². The van der Waals surface area contributed by atoms with Crippen molar-refractivity contribution in [3.63, 3.8) is 0 Å². The highest BCUT2D eigenvalue weighted by atomic mass is 35.7. The Hall–Kier alpha value is -1.73. The van der Waals surface area contributed by atoms with E-state index in [1.165, 1.54) is 17.9 Å². The Balaban J connectivity index is 2.78. The fraction of sp³-hybridized carbons (Fsp3) is 0.474. The molecule has 11 heteroatoms. The van der Waals surface area contributed by atoms with Crippen LogP contribution in [0.2, 0.25) is 0 Å². The van der Waals surface area contributed by atoms with Crippen LogP contribution in [-0.4, -0.2) is 56.0 Å². The molecule has 1 unspecified atom stereocenters. The van der Waals surface area contributed by atoms with E-state index in [0.29, 0.717) is 23.7 Å². The molecule has 8 nitrogen and oxygen atoms in total. The van der Waals surface area contributed by atoms with E-state index >= 15 is 0 Å². The van der Waals surface area contributed by atoms with Crippen LogP contribution in [0, 0.1) is 0 Å². The molecule has 0 spiro atoms. The molecule has 0 aliphatic heterocycles. The Bertz CT molecular complexity index is 747. The van der Waals surface area contributed by atoms with Gasteiger partial charge in [0.2, 0.25) is 0 Å². The monoisotopic (exact) mass is 480 g/mol. The Kier molecular flexibility index (Phi) is 11.9. The number of hydrogen-bond acceptors (Lipinski definition) is 6. The molecule has 1 amide bonds. The number of ether oxygens (including phenoxy) is 2. The van der Waals surface area contributed by atoms with E-state index in [1.807, 2.05) is 0 Å². The number of nitrogens with zero attached hydrogens (tertiary/aromatic N) is 1. The lowest BCUT2D eigenvalue weighted by molar-refractivity contribution is -0.144. The average molecular weight is 481 g/mol. The van der Waals surface area contributed by atoms with Crippen molar-refractivity contribution in [2.24, 2.45) is 0 Å². The van der Waals surface area contributed by atoms with E-state index in [4.69, 9.17) is 32.1 Å². The van der Waals surface area contributed by atoms with Gasteiger partial charge in [-0.1, -0.05) is 24.8 Å². The third-order valence-electron chi connectivity index (χ3n) is 3.96. The zero-order valence-electron chi connectivity index (χ0n) is 17.0. The maximum Gasteiger partial charge on any atom is 0.411 e. The number of carbonyl (C=O) groups is 2. The first-order valence-electron chi connectivity index (χ1n) is 9.21. The summed E-state index contributed by atoms with van der Waals surface area (Å²) in [6.07, 6.45) is 2.36. The van der Waals surface area contributed by atoms with E-state index in [-0.39, 0.29) is 13.0 Å². The Morgan fingerprint density at radius 2 is 1.97 bits per heavy atom.